The molecule has 3 N–H and O–H groups in total. The van der Waals surface area contributed by atoms with Crippen LogP contribution in [0, 0.1) is 6.92 Å². The highest BCUT2D eigenvalue weighted by molar-refractivity contribution is 7.80. The molecule has 0 saturated heterocycles. The fourth-order valence-corrected chi connectivity index (χ4v) is 3.60. The molecule has 1 amide bonds. The Bertz CT molecular complexity index is 706. The number of amides is 1. The third-order valence-electron chi connectivity index (χ3n) is 4.38. The molecule has 26 heavy (non-hydrogen) atoms. The number of primary amides is 1. The van der Waals surface area contributed by atoms with Gasteiger partial charge < -0.3 is 10.3 Å². The summed E-state index contributed by atoms with van der Waals surface area (Å²) in [4.78, 5) is 20.0. The van der Waals surface area contributed by atoms with Gasteiger partial charge in [0, 0.05) is 6.42 Å². The molecule has 0 aromatic carbocycles. The second-order valence-electron chi connectivity index (χ2n) is 6.38. The second-order valence-corrected chi connectivity index (χ2v) is 7.31. The zero-order valence-corrected chi connectivity index (χ0v) is 15.4. The summed E-state index contributed by atoms with van der Waals surface area (Å²) >= 11 is -2.06. The Morgan fingerprint density at radius 3 is 2.65 bits per heavy atom. The van der Waals surface area contributed by atoms with E-state index in [1.54, 1.807) is 27.6 Å². The first-order valence-corrected chi connectivity index (χ1v) is 9.82. The summed E-state index contributed by atoms with van der Waals surface area (Å²) in [6.45, 7) is 2.13. The number of hydrogen-bond acceptors (Lipinski definition) is 8. The maximum absolute atomic E-state index is 11.4. The summed E-state index contributed by atoms with van der Waals surface area (Å²) in [6.07, 6.45) is 7.48. The van der Waals surface area contributed by atoms with Crippen molar-refractivity contribution in [3.8, 4) is 0 Å². The molecule has 1 aliphatic heterocycles. The minimum Gasteiger partial charge on any atom is -0.370 e. The molecule has 1 saturated carbocycles. The van der Waals surface area contributed by atoms with Crippen LogP contribution in [0.4, 0.5) is 5.82 Å². The Morgan fingerprint density at radius 2 is 2.08 bits per heavy atom. The van der Waals surface area contributed by atoms with Crippen LogP contribution in [0.5, 0.6) is 0 Å². The number of amidine groups is 1. The van der Waals surface area contributed by atoms with E-state index in [4.69, 9.17) is 5.73 Å². The van der Waals surface area contributed by atoms with E-state index in [1.165, 1.54) is 0 Å². The molecule has 1 aromatic heterocycles. The first-order chi connectivity index (χ1) is 12.5. The minimum atomic E-state index is -2.06. The molecule has 0 radical (unpaired) electrons. The van der Waals surface area contributed by atoms with Gasteiger partial charge in [0.2, 0.25) is 5.91 Å². The van der Waals surface area contributed by atoms with Crippen molar-refractivity contribution in [1.29, 1.82) is 0 Å². The van der Waals surface area contributed by atoms with Crippen molar-refractivity contribution in [2.75, 3.05) is 17.3 Å². The van der Waals surface area contributed by atoms with Crippen LogP contribution in [0.1, 0.15) is 37.8 Å². The van der Waals surface area contributed by atoms with Gasteiger partial charge in [0.1, 0.15) is 5.75 Å². The summed E-state index contributed by atoms with van der Waals surface area (Å²) in [5, 5.41) is 9.82. The number of hydrazone groups is 1. The average molecular weight is 381 g/mol. The number of nitrogens with zero attached hydrogens (tertiary/aromatic N) is 6. The molecule has 1 unspecified atom stereocenters. The third kappa shape index (κ3) is 4.17. The summed E-state index contributed by atoms with van der Waals surface area (Å²) in [7, 11) is 0. The van der Waals surface area contributed by atoms with Crippen LogP contribution in [0.2, 0.25) is 0 Å². The van der Waals surface area contributed by atoms with Crippen LogP contribution in [-0.2, 0) is 15.9 Å². The number of aryl methyl sites for hydroxylation is 1. The third-order valence-corrected chi connectivity index (χ3v) is 4.88. The summed E-state index contributed by atoms with van der Waals surface area (Å²) in [5.74, 6) is 0.293. The molecule has 1 fully saturated rings. The first kappa shape index (κ1) is 18.7. The van der Waals surface area contributed by atoms with E-state index in [0.717, 1.165) is 31.4 Å². The van der Waals surface area contributed by atoms with Crippen molar-refractivity contribution < 1.29 is 13.6 Å². The van der Waals surface area contributed by atoms with E-state index in [9.17, 15) is 13.6 Å². The number of rotatable bonds is 7. The summed E-state index contributed by atoms with van der Waals surface area (Å²) in [6, 6.07) is 0.174. The van der Waals surface area contributed by atoms with Crippen LogP contribution in [0.15, 0.2) is 17.5 Å². The van der Waals surface area contributed by atoms with E-state index in [-0.39, 0.29) is 18.2 Å². The summed E-state index contributed by atoms with van der Waals surface area (Å²) in [5.41, 5.74) is 6.09. The number of anilines is 1. The largest absolute Gasteiger partial charge is 0.370 e. The Kier molecular flexibility index (Phi) is 5.79. The van der Waals surface area contributed by atoms with Gasteiger partial charge in [-0.3, -0.25) is 9.78 Å². The monoisotopic (exact) mass is 381 g/mol. The number of hydrogen-bond donors (Lipinski definition) is 2. The standard InChI is InChI=1S/C15H23N7O3S/c1-11-8-18-14(9-17-11)21-15(10-26(24)25)19-22(12-4-2-3-5-12)20(21)7-6-13(16)23/h8-9,12H,2-7,10H2,1H3,(H2,16,23)(H,24,25). The number of carbonyl (C=O) groups is 1. The average Bonchev–Trinajstić information content (AvgIpc) is 3.21. The van der Waals surface area contributed by atoms with Gasteiger partial charge in [-0.15, -0.1) is 10.2 Å². The molecule has 142 valence electrons. The number of hydrazine groups is 2. The maximum Gasteiger partial charge on any atom is 0.218 e. The molecule has 11 heteroatoms. The van der Waals surface area contributed by atoms with Crippen LogP contribution in [0.3, 0.4) is 0 Å². The van der Waals surface area contributed by atoms with Crippen LogP contribution in [0.25, 0.3) is 0 Å². The first-order valence-electron chi connectivity index (χ1n) is 8.54. The van der Waals surface area contributed by atoms with Gasteiger partial charge in [-0.25, -0.2) is 19.3 Å². The zero-order valence-electron chi connectivity index (χ0n) is 14.6. The minimum absolute atomic E-state index is 0.129. The Balaban J connectivity index is 1.95. The van der Waals surface area contributed by atoms with Gasteiger partial charge in [-0.2, -0.15) is 0 Å². The van der Waals surface area contributed by atoms with Gasteiger partial charge in [-0.05, 0) is 19.8 Å². The molecule has 2 heterocycles. The predicted molar refractivity (Wildman–Crippen MR) is 96.9 cm³/mol. The molecule has 1 aliphatic carbocycles. The van der Waals surface area contributed by atoms with E-state index in [2.05, 4.69) is 15.1 Å². The fourth-order valence-electron chi connectivity index (χ4n) is 3.20. The lowest BCUT2D eigenvalue weighted by Crippen LogP contribution is -2.52. The van der Waals surface area contributed by atoms with Crippen molar-refractivity contribution in [3.05, 3.63) is 18.1 Å². The molecular formula is C15H23N7O3S. The molecule has 0 bridgehead atoms. The van der Waals surface area contributed by atoms with Gasteiger partial charge in [0.05, 0.1) is 30.7 Å². The van der Waals surface area contributed by atoms with Crippen molar-refractivity contribution >= 4 is 28.6 Å². The van der Waals surface area contributed by atoms with Gasteiger partial charge >= 0.3 is 0 Å². The molecule has 0 spiro atoms. The van der Waals surface area contributed by atoms with E-state index >= 15 is 0 Å². The Hall–Kier alpha value is -2.11. The predicted octanol–water partition coefficient (Wildman–Crippen LogP) is 0.392. The van der Waals surface area contributed by atoms with Gasteiger partial charge in [0.15, 0.2) is 22.7 Å². The normalized spacial score (nSPS) is 19.8. The van der Waals surface area contributed by atoms with Crippen LogP contribution in [-0.4, -0.2) is 59.0 Å². The van der Waals surface area contributed by atoms with E-state index in [0.29, 0.717) is 18.2 Å². The number of nitrogens with two attached hydrogens (primary N) is 1. The number of aromatic nitrogens is 2. The fraction of sp³-hybridized carbons (Fsp3) is 0.600. The summed E-state index contributed by atoms with van der Waals surface area (Å²) < 4.78 is 20.8. The SMILES string of the molecule is Cc1cnc(N2C(CS(=O)O)=NN(C3CCCC3)N2CCC(N)=O)cn1. The Labute approximate surface area is 154 Å². The number of carbonyl (C=O) groups excluding carboxylic acids is 1. The van der Waals surface area contributed by atoms with Crippen molar-refractivity contribution in [3.63, 3.8) is 0 Å². The quantitative estimate of drug-likeness (QED) is 0.649. The zero-order chi connectivity index (χ0) is 18.7. The van der Waals surface area contributed by atoms with Gasteiger partial charge in [-0.1, -0.05) is 12.8 Å². The van der Waals surface area contributed by atoms with Crippen molar-refractivity contribution in [1.82, 2.24) is 20.2 Å². The molecule has 2 aliphatic rings. The van der Waals surface area contributed by atoms with E-state index in [1.807, 2.05) is 6.92 Å². The lowest BCUT2D eigenvalue weighted by molar-refractivity contribution is -0.120. The topological polar surface area (TPSA) is 128 Å². The Morgan fingerprint density at radius 1 is 1.35 bits per heavy atom. The molecule has 1 atom stereocenters. The maximum atomic E-state index is 11.4. The van der Waals surface area contributed by atoms with E-state index < -0.39 is 17.0 Å². The molecule has 1 aromatic rings. The highest BCUT2D eigenvalue weighted by atomic mass is 32.2. The molecule has 3 rings (SSSR count). The smallest absolute Gasteiger partial charge is 0.218 e. The highest BCUT2D eigenvalue weighted by Gasteiger charge is 2.39. The van der Waals surface area contributed by atoms with Crippen LogP contribution < -0.4 is 10.7 Å². The lowest BCUT2D eigenvalue weighted by Gasteiger charge is -2.36. The van der Waals surface area contributed by atoms with Crippen LogP contribution >= 0.6 is 0 Å². The highest BCUT2D eigenvalue weighted by Crippen LogP contribution is 2.31. The van der Waals surface area contributed by atoms with Crippen molar-refractivity contribution in [2.24, 2.45) is 10.8 Å². The second kappa shape index (κ2) is 8.06. The lowest BCUT2D eigenvalue weighted by atomic mass is 10.3. The van der Waals surface area contributed by atoms with Gasteiger partial charge in [0.25, 0.3) is 0 Å². The molecular weight excluding hydrogens is 358 g/mol. The van der Waals surface area contributed by atoms with Crippen molar-refractivity contribution in [2.45, 2.75) is 45.1 Å². The molecule has 10 nitrogen and oxygen atoms in total.